The van der Waals surface area contributed by atoms with Crippen LogP contribution in [0.4, 0.5) is 4.79 Å². The highest BCUT2D eigenvalue weighted by Gasteiger charge is 2.26. The van der Waals surface area contributed by atoms with Crippen LogP contribution in [0.2, 0.25) is 0 Å². The second-order valence-electron chi connectivity index (χ2n) is 9.86. The van der Waals surface area contributed by atoms with Crippen molar-refractivity contribution in [3.05, 3.63) is 58.1 Å². The first kappa shape index (κ1) is 29.6. The van der Waals surface area contributed by atoms with Crippen LogP contribution >= 0.6 is 12.4 Å². The summed E-state index contributed by atoms with van der Waals surface area (Å²) in [5.41, 5.74) is 6.36. The predicted molar refractivity (Wildman–Crippen MR) is 150 cm³/mol. The molecule has 38 heavy (non-hydrogen) atoms. The van der Waals surface area contributed by atoms with Crippen LogP contribution in [-0.2, 0) is 30.5 Å². The normalized spacial score (nSPS) is 15.8. The first-order valence-corrected chi connectivity index (χ1v) is 13.2. The molecule has 208 valence electrons. The Labute approximate surface area is 231 Å². The van der Waals surface area contributed by atoms with Gasteiger partial charge in [-0.3, -0.25) is 4.79 Å². The molecule has 1 atom stereocenters. The van der Waals surface area contributed by atoms with Gasteiger partial charge in [-0.25, -0.2) is 4.79 Å². The number of benzene rings is 2. The molecule has 0 fully saturated rings. The van der Waals surface area contributed by atoms with Crippen molar-refractivity contribution in [1.29, 1.82) is 0 Å². The summed E-state index contributed by atoms with van der Waals surface area (Å²) >= 11 is 0. The molecular weight excluding hydrogens is 506 g/mol. The Balaban J connectivity index is 0.00000400. The number of fused-ring (bicyclic) bond motifs is 2. The molecule has 8 nitrogen and oxygen atoms in total. The minimum atomic E-state index is -0.863. The molecule has 0 saturated carbocycles. The van der Waals surface area contributed by atoms with E-state index in [1.165, 1.54) is 32.7 Å². The van der Waals surface area contributed by atoms with Crippen LogP contribution < -0.4 is 14.8 Å². The Morgan fingerprint density at radius 3 is 2.26 bits per heavy atom. The standard InChI is InChI=1S/C29H39N3O5.ClH/c1-4-31(29(34)35)12-8-20-5-6-25-23(15-20)16-24(25)19-30-11-7-28(33)32-13-9-21-17-26(36-2)27(37-3)18-22(21)10-14-32;/h5-6,15,17-18,24,30H,4,7-14,16,19H2,1-3H3,(H,34,35);1H. The zero-order chi connectivity index (χ0) is 26.4. The topological polar surface area (TPSA) is 91.3 Å². The SMILES string of the molecule is CCN(CCc1ccc2c(c1)CC2CNCCC(=O)N1CCc2cc(OC)c(OC)cc2CC1)C(=O)O.Cl. The van der Waals surface area contributed by atoms with E-state index < -0.39 is 6.09 Å². The Hall–Kier alpha value is -2.97. The van der Waals surface area contributed by atoms with Crippen molar-refractivity contribution in [3.8, 4) is 11.5 Å². The molecule has 9 heteroatoms. The lowest BCUT2D eigenvalue weighted by Crippen LogP contribution is -2.36. The monoisotopic (exact) mass is 545 g/mol. The van der Waals surface area contributed by atoms with E-state index in [1.54, 1.807) is 14.2 Å². The number of carbonyl (C=O) groups is 2. The van der Waals surface area contributed by atoms with Gasteiger partial charge < -0.3 is 29.7 Å². The Bertz CT molecular complexity index is 1090. The fraction of sp³-hybridized carbons (Fsp3) is 0.517. The molecule has 2 aromatic carbocycles. The maximum absolute atomic E-state index is 12.9. The number of amides is 2. The minimum Gasteiger partial charge on any atom is -0.493 e. The molecule has 0 saturated heterocycles. The molecule has 4 rings (SSSR count). The minimum absolute atomic E-state index is 0. The number of hydrogen-bond acceptors (Lipinski definition) is 5. The second kappa shape index (κ2) is 13.7. The fourth-order valence-electron chi connectivity index (χ4n) is 5.40. The zero-order valence-electron chi connectivity index (χ0n) is 22.6. The highest BCUT2D eigenvalue weighted by atomic mass is 35.5. The van der Waals surface area contributed by atoms with Gasteiger partial charge in [-0.1, -0.05) is 18.2 Å². The number of ether oxygens (including phenoxy) is 2. The summed E-state index contributed by atoms with van der Waals surface area (Å²) in [7, 11) is 3.29. The third-order valence-electron chi connectivity index (χ3n) is 7.70. The fourth-order valence-corrected chi connectivity index (χ4v) is 5.40. The van der Waals surface area contributed by atoms with Crippen LogP contribution in [0, 0.1) is 0 Å². The number of hydrogen-bond donors (Lipinski definition) is 2. The number of carbonyl (C=O) groups excluding carboxylic acids is 1. The van der Waals surface area contributed by atoms with Crippen molar-refractivity contribution in [2.45, 2.75) is 44.9 Å². The van der Waals surface area contributed by atoms with E-state index in [1.807, 2.05) is 24.0 Å². The van der Waals surface area contributed by atoms with E-state index in [0.717, 1.165) is 56.8 Å². The van der Waals surface area contributed by atoms with Gasteiger partial charge in [-0.05, 0) is 72.6 Å². The number of likely N-dealkylation sites (N-methyl/N-ethyl adjacent to an activating group) is 1. The molecule has 1 aliphatic carbocycles. The molecule has 2 aromatic rings. The number of nitrogens with one attached hydrogen (secondary N) is 1. The van der Waals surface area contributed by atoms with Gasteiger partial charge in [0, 0.05) is 51.6 Å². The van der Waals surface area contributed by atoms with Crippen LogP contribution in [0.1, 0.15) is 47.1 Å². The van der Waals surface area contributed by atoms with Crippen molar-refractivity contribution in [3.63, 3.8) is 0 Å². The molecule has 0 spiro atoms. The number of nitrogens with zero attached hydrogens (tertiary/aromatic N) is 2. The molecule has 0 aromatic heterocycles. The van der Waals surface area contributed by atoms with E-state index in [-0.39, 0.29) is 18.3 Å². The van der Waals surface area contributed by atoms with E-state index >= 15 is 0 Å². The summed E-state index contributed by atoms with van der Waals surface area (Å²) in [4.78, 5) is 27.5. The Kier molecular flexibility index (Phi) is 10.7. The number of rotatable bonds is 11. The van der Waals surface area contributed by atoms with Crippen molar-refractivity contribution in [2.24, 2.45) is 0 Å². The van der Waals surface area contributed by atoms with Gasteiger partial charge in [-0.2, -0.15) is 0 Å². The molecule has 1 unspecified atom stereocenters. The number of halogens is 1. The molecule has 2 aliphatic rings. The lowest BCUT2D eigenvalue weighted by Gasteiger charge is -2.31. The molecule has 1 heterocycles. The number of methoxy groups -OCH3 is 2. The van der Waals surface area contributed by atoms with Crippen LogP contribution in [-0.4, -0.2) is 80.4 Å². The molecule has 0 bridgehead atoms. The highest BCUT2D eigenvalue weighted by Crippen LogP contribution is 2.35. The van der Waals surface area contributed by atoms with Gasteiger partial charge in [-0.15, -0.1) is 12.4 Å². The maximum Gasteiger partial charge on any atom is 0.407 e. The van der Waals surface area contributed by atoms with E-state index in [0.29, 0.717) is 32.0 Å². The van der Waals surface area contributed by atoms with E-state index in [9.17, 15) is 14.7 Å². The van der Waals surface area contributed by atoms with E-state index in [2.05, 4.69) is 23.5 Å². The van der Waals surface area contributed by atoms with Gasteiger partial charge >= 0.3 is 6.09 Å². The summed E-state index contributed by atoms with van der Waals surface area (Å²) in [5.74, 6) is 2.14. The third kappa shape index (κ3) is 6.91. The maximum atomic E-state index is 12.9. The largest absolute Gasteiger partial charge is 0.493 e. The summed E-state index contributed by atoms with van der Waals surface area (Å²) in [6, 6.07) is 10.6. The first-order chi connectivity index (χ1) is 17.9. The molecular formula is C29H40ClN3O5. The van der Waals surface area contributed by atoms with Crippen LogP contribution in [0.15, 0.2) is 30.3 Å². The first-order valence-electron chi connectivity index (χ1n) is 13.2. The summed E-state index contributed by atoms with van der Waals surface area (Å²) in [5, 5.41) is 12.7. The summed E-state index contributed by atoms with van der Waals surface area (Å²) in [6.45, 7) is 5.88. The van der Waals surface area contributed by atoms with Gasteiger partial charge in [0.1, 0.15) is 0 Å². The van der Waals surface area contributed by atoms with Crippen LogP contribution in [0.25, 0.3) is 0 Å². The molecule has 0 radical (unpaired) electrons. The lowest BCUT2D eigenvalue weighted by molar-refractivity contribution is -0.131. The van der Waals surface area contributed by atoms with Crippen molar-refractivity contribution >= 4 is 24.4 Å². The van der Waals surface area contributed by atoms with Gasteiger partial charge in [0.05, 0.1) is 14.2 Å². The summed E-state index contributed by atoms with van der Waals surface area (Å²) in [6.07, 6.45) is 3.04. The highest BCUT2D eigenvalue weighted by molar-refractivity contribution is 5.85. The Morgan fingerprint density at radius 1 is 1.05 bits per heavy atom. The zero-order valence-corrected chi connectivity index (χ0v) is 23.4. The summed E-state index contributed by atoms with van der Waals surface area (Å²) < 4.78 is 10.9. The predicted octanol–water partition coefficient (Wildman–Crippen LogP) is 3.91. The second-order valence-corrected chi connectivity index (χ2v) is 9.86. The van der Waals surface area contributed by atoms with Crippen molar-refractivity contribution in [1.82, 2.24) is 15.1 Å². The number of carboxylic acid groups (broad SMARTS) is 1. The van der Waals surface area contributed by atoms with Gasteiger partial charge in [0.15, 0.2) is 11.5 Å². The smallest absolute Gasteiger partial charge is 0.407 e. The van der Waals surface area contributed by atoms with Gasteiger partial charge in [0.2, 0.25) is 5.91 Å². The molecule has 2 amide bonds. The third-order valence-corrected chi connectivity index (χ3v) is 7.70. The lowest BCUT2D eigenvalue weighted by atomic mass is 9.76. The van der Waals surface area contributed by atoms with E-state index in [4.69, 9.17) is 9.47 Å². The Morgan fingerprint density at radius 2 is 1.71 bits per heavy atom. The average molecular weight is 546 g/mol. The van der Waals surface area contributed by atoms with Crippen molar-refractivity contribution in [2.75, 3.05) is 53.5 Å². The molecule has 1 aliphatic heterocycles. The van der Waals surface area contributed by atoms with Gasteiger partial charge in [0.25, 0.3) is 0 Å². The quantitative estimate of drug-likeness (QED) is 0.416. The average Bonchev–Trinajstić information content (AvgIpc) is 3.10. The van der Waals surface area contributed by atoms with Crippen LogP contribution in [0.5, 0.6) is 11.5 Å². The van der Waals surface area contributed by atoms with Crippen LogP contribution in [0.3, 0.4) is 0 Å². The molecule has 2 N–H and O–H groups in total. The van der Waals surface area contributed by atoms with Crippen molar-refractivity contribution < 1.29 is 24.2 Å².